The fourth-order valence-corrected chi connectivity index (χ4v) is 1.84. The molecule has 0 aliphatic carbocycles. The number of amides is 1. The summed E-state index contributed by atoms with van der Waals surface area (Å²) in [5.74, 6) is 0.678. The molecule has 0 aliphatic heterocycles. The number of aromatic nitrogens is 1. The van der Waals surface area contributed by atoms with Crippen molar-refractivity contribution in [1.29, 1.82) is 0 Å². The van der Waals surface area contributed by atoms with E-state index < -0.39 is 0 Å². The Bertz CT molecular complexity index is 577. The largest absolute Gasteiger partial charge is 0.399 e. The van der Waals surface area contributed by atoms with E-state index in [1.807, 2.05) is 24.9 Å². The molecule has 1 amide bonds. The number of carbonyl (C=O) groups excluding carboxylic acids is 1. The highest BCUT2D eigenvalue weighted by atomic mass is 16.5. The van der Waals surface area contributed by atoms with Gasteiger partial charge in [0.25, 0.3) is 0 Å². The van der Waals surface area contributed by atoms with Crippen LogP contribution in [0.15, 0.2) is 34.9 Å². The third kappa shape index (κ3) is 4.10. The number of nitrogens with two attached hydrogens (primary N) is 1. The Morgan fingerprint density at radius 3 is 2.70 bits per heavy atom. The van der Waals surface area contributed by atoms with Gasteiger partial charge in [-0.2, -0.15) is 0 Å². The number of nitrogen functional groups attached to an aromatic ring is 1. The van der Waals surface area contributed by atoms with E-state index in [9.17, 15) is 4.79 Å². The summed E-state index contributed by atoms with van der Waals surface area (Å²) in [6.45, 7) is 2.67. The first-order valence-electron chi connectivity index (χ1n) is 6.29. The normalized spacial score (nSPS) is 10.8. The van der Waals surface area contributed by atoms with Crippen LogP contribution in [0.5, 0.6) is 0 Å². The van der Waals surface area contributed by atoms with Crippen LogP contribution in [0.2, 0.25) is 0 Å². The monoisotopic (exact) mass is 274 g/mol. The number of nitrogens with zero attached hydrogens (tertiary/aromatic N) is 2. The molecule has 0 atom stereocenters. The Morgan fingerprint density at radius 2 is 2.10 bits per heavy atom. The third-order valence-electron chi connectivity index (χ3n) is 2.72. The van der Waals surface area contributed by atoms with E-state index in [0.717, 1.165) is 17.1 Å². The van der Waals surface area contributed by atoms with E-state index in [2.05, 4.69) is 10.5 Å². The van der Waals surface area contributed by atoms with Crippen LogP contribution >= 0.6 is 0 Å². The second kappa shape index (κ2) is 6.21. The Balaban J connectivity index is 1.83. The maximum atomic E-state index is 11.9. The second-order valence-electron chi connectivity index (χ2n) is 4.77. The Hall–Kier alpha value is -2.34. The van der Waals surface area contributed by atoms with Gasteiger partial charge < -0.3 is 15.6 Å². The first-order chi connectivity index (χ1) is 9.52. The van der Waals surface area contributed by atoms with Crippen molar-refractivity contribution in [2.45, 2.75) is 13.5 Å². The first kappa shape index (κ1) is 14.1. The number of benzene rings is 1. The highest BCUT2D eigenvalue weighted by Gasteiger charge is 2.09. The maximum Gasteiger partial charge on any atom is 0.238 e. The van der Waals surface area contributed by atoms with Crippen LogP contribution < -0.4 is 11.1 Å². The van der Waals surface area contributed by atoms with Gasteiger partial charge in [0.2, 0.25) is 5.91 Å². The number of rotatable bonds is 5. The van der Waals surface area contributed by atoms with Gasteiger partial charge in [-0.25, -0.2) is 0 Å². The molecular formula is C14H18N4O2. The first-order valence-corrected chi connectivity index (χ1v) is 6.29. The van der Waals surface area contributed by atoms with Crippen molar-refractivity contribution in [3.8, 4) is 0 Å². The number of aryl methyl sites for hydroxylation is 1. The molecule has 0 fully saturated rings. The van der Waals surface area contributed by atoms with Gasteiger partial charge in [-0.3, -0.25) is 9.69 Å². The van der Waals surface area contributed by atoms with Crippen LogP contribution in [-0.4, -0.2) is 29.6 Å². The van der Waals surface area contributed by atoms with Crippen molar-refractivity contribution in [3.63, 3.8) is 0 Å². The van der Waals surface area contributed by atoms with E-state index >= 15 is 0 Å². The topological polar surface area (TPSA) is 84.4 Å². The zero-order valence-electron chi connectivity index (χ0n) is 11.6. The molecule has 0 spiro atoms. The van der Waals surface area contributed by atoms with Crippen LogP contribution in [0.25, 0.3) is 0 Å². The van der Waals surface area contributed by atoms with E-state index in [1.54, 1.807) is 24.3 Å². The lowest BCUT2D eigenvalue weighted by Gasteiger charge is -2.14. The van der Waals surface area contributed by atoms with Gasteiger partial charge in [-0.05, 0) is 38.2 Å². The molecule has 6 heteroatoms. The average Bonchev–Trinajstić information content (AvgIpc) is 2.77. The lowest BCUT2D eigenvalue weighted by Crippen LogP contribution is -2.29. The lowest BCUT2D eigenvalue weighted by molar-refractivity contribution is -0.117. The van der Waals surface area contributed by atoms with E-state index in [0.29, 0.717) is 12.2 Å². The van der Waals surface area contributed by atoms with E-state index in [-0.39, 0.29) is 12.5 Å². The molecule has 1 aromatic heterocycles. The molecular weight excluding hydrogens is 256 g/mol. The van der Waals surface area contributed by atoms with Crippen LogP contribution in [0.3, 0.4) is 0 Å². The summed E-state index contributed by atoms with van der Waals surface area (Å²) in [5, 5.41) is 6.71. The SMILES string of the molecule is Cc1cc(CN(C)CC(=O)Nc2ccc(N)cc2)no1. The van der Waals surface area contributed by atoms with Crippen LogP contribution in [0, 0.1) is 6.92 Å². The standard InChI is InChI=1S/C14H18N4O2/c1-10-7-13(17-20-10)8-18(2)9-14(19)16-12-5-3-11(15)4-6-12/h3-7H,8-9,15H2,1-2H3,(H,16,19). The molecule has 0 unspecified atom stereocenters. The predicted octanol–water partition coefficient (Wildman–Crippen LogP) is 1.64. The average molecular weight is 274 g/mol. The Labute approximate surface area is 117 Å². The minimum atomic E-state index is -0.0857. The minimum absolute atomic E-state index is 0.0857. The molecule has 0 radical (unpaired) electrons. The van der Waals surface area contributed by atoms with Crippen LogP contribution in [0.1, 0.15) is 11.5 Å². The highest BCUT2D eigenvalue weighted by molar-refractivity contribution is 5.92. The van der Waals surface area contributed by atoms with Crippen LogP contribution in [-0.2, 0) is 11.3 Å². The summed E-state index contributed by atoms with van der Waals surface area (Å²) in [5.41, 5.74) is 7.80. The number of anilines is 2. The van der Waals surface area contributed by atoms with Gasteiger partial charge in [-0.1, -0.05) is 5.16 Å². The number of hydrogen-bond acceptors (Lipinski definition) is 5. The molecule has 1 heterocycles. The van der Waals surface area contributed by atoms with Crippen molar-refractivity contribution in [2.75, 3.05) is 24.6 Å². The highest BCUT2D eigenvalue weighted by Crippen LogP contribution is 2.10. The minimum Gasteiger partial charge on any atom is -0.399 e. The maximum absolute atomic E-state index is 11.9. The number of likely N-dealkylation sites (N-methyl/N-ethyl adjacent to an activating group) is 1. The number of carbonyl (C=O) groups is 1. The predicted molar refractivity (Wildman–Crippen MR) is 77.1 cm³/mol. The summed E-state index contributed by atoms with van der Waals surface area (Å²) in [4.78, 5) is 13.7. The molecule has 2 aromatic rings. The molecule has 6 nitrogen and oxygen atoms in total. The smallest absolute Gasteiger partial charge is 0.238 e. The van der Waals surface area contributed by atoms with E-state index in [1.165, 1.54) is 0 Å². The quantitative estimate of drug-likeness (QED) is 0.810. The summed E-state index contributed by atoms with van der Waals surface area (Å²) >= 11 is 0. The summed E-state index contributed by atoms with van der Waals surface area (Å²) in [7, 11) is 1.85. The van der Waals surface area contributed by atoms with Gasteiger partial charge >= 0.3 is 0 Å². The molecule has 2 rings (SSSR count). The summed E-state index contributed by atoms with van der Waals surface area (Å²) in [6, 6.07) is 8.89. The zero-order valence-corrected chi connectivity index (χ0v) is 11.6. The molecule has 0 bridgehead atoms. The van der Waals surface area contributed by atoms with Crippen molar-refractivity contribution < 1.29 is 9.32 Å². The molecule has 0 saturated heterocycles. The van der Waals surface area contributed by atoms with Crippen molar-refractivity contribution in [3.05, 3.63) is 41.8 Å². The molecule has 106 valence electrons. The number of hydrogen-bond donors (Lipinski definition) is 2. The fourth-order valence-electron chi connectivity index (χ4n) is 1.84. The summed E-state index contributed by atoms with van der Waals surface area (Å²) < 4.78 is 4.99. The number of nitrogens with one attached hydrogen (secondary N) is 1. The molecule has 3 N–H and O–H groups in total. The van der Waals surface area contributed by atoms with Crippen LogP contribution in [0.4, 0.5) is 11.4 Å². The van der Waals surface area contributed by atoms with Gasteiger partial charge in [0.1, 0.15) is 5.76 Å². The molecule has 20 heavy (non-hydrogen) atoms. The second-order valence-corrected chi connectivity index (χ2v) is 4.77. The van der Waals surface area contributed by atoms with Crippen molar-refractivity contribution in [2.24, 2.45) is 0 Å². The molecule has 1 aromatic carbocycles. The Kier molecular flexibility index (Phi) is 4.37. The molecule has 0 aliphatic rings. The van der Waals surface area contributed by atoms with Gasteiger partial charge in [0.15, 0.2) is 0 Å². The van der Waals surface area contributed by atoms with Gasteiger partial charge in [0.05, 0.1) is 12.2 Å². The summed E-state index contributed by atoms with van der Waals surface area (Å²) in [6.07, 6.45) is 0. The zero-order chi connectivity index (χ0) is 14.5. The molecule has 0 saturated carbocycles. The van der Waals surface area contributed by atoms with Crippen molar-refractivity contribution >= 4 is 17.3 Å². The fraction of sp³-hybridized carbons (Fsp3) is 0.286. The van der Waals surface area contributed by atoms with Crippen molar-refractivity contribution in [1.82, 2.24) is 10.1 Å². The van der Waals surface area contributed by atoms with E-state index in [4.69, 9.17) is 10.3 Å². The third-order valence-corrected chi connectivity index (χ3v) is 2.72. The van der Waals surface area contributed by atoms with Gasteiger partial charge in [0, 0.05) is 24.0 Å². The Morgan fingerprint density at radius 1 is 1.40 bits per heavy atom. The lowest BCUT2D eigenvalue weighted by atomic mass is 10.3. The van der Waals surface area contributed by atoms with Gasteiger partial charge in [-0.15, -0.1) is 0 Å².